The lowest BCUT2D eigenvalue weighted by Gasteiger charge is -2.09. The number of carbonyl (C=O) groups is 2. The number of hydrogen-bond acceptors (Lipinski definition) is 4. The van der Waals surface area contributed by atoms with E-state index in [0.29, 0.717) is 5.75 Å². The van der Waals surface area contributed by atoms with Crippen LogP contribution in [-0.4, -0.2) is 23.7 Å². The number of rotatable bonds is 5. The van der Waals surface area contributed by atoms with Crippen molar-refractivity contribution in [2.24, 2.45) is 0 Å². The Balaban J connectivity index is 2.15. The average Bonchev–Trinajstić information content (AvgIpc) is 2.46. The number of ether oxygens (including phenoxy) is 2. The molecule has 2 aromatic rings. The van der Waals surface area contributed by atoms with E-state index in [2.05, 4.69) is 0 Å². The van der Waals surface area contributed by atoms with E-state index in [0.717, 1.165) is 0 Å². The molecule has 102 valence electrons. The second kappa shape index (κ2) is 6.38. The van der Waals surface area contributed by atoms with Crippen molar-refractivity contribution in [3.63, 3.8) is 0 Å². The third-order valence-electron chi connectivity index (χ3n) is 2.41. The average molecular weight is 272 g/mol. The van der Waals surface area contributed by atoms with Gasteiger partial charge in [0.05, 0.1) is 0 Å². The molecule has 0 aliphatic heterocycles. The second-order valence-electron chi connectivity index (χ2n) is 3.88. The van der Waals surface area contributed by atoms with Gasteiger partial charge in [0.15, 0.2) is 6.61 Å². The zero-order chi connectivity index (χ0) is 14.4. The molecule has 0 radical (unpaired) electrons. The molecule has 5 heteroatoms. The molecule has 0 aliphatic rings. The molecule has 1 N–H and O–H groups in total. The van der Waals surface area contributed by atoms with Gasteiger partial charge in [-0.2, -0.15) is 0 Å². The fraction of sp³-hybridized carbons (Fsp3) is 0.0667. The third kappa shape index (κ3) is 3.58. The summed E-state index contributed by atoms with van der Waals surface area (Å²) in [6.45, 7) is -0.518. The van der Waals surface area contributed by atoms with Crippen LogP contribution in [-0.2, 0) is 4.79 Å². The SMILES string of the molecule is O=C(O)COc1ccccc1C(=O)Oc1ccccc1. The van der Waals surface area contributed by atoms with Gasteiger partial charge in [0, 0.05) is 0 Å². The second-order valence-corrected chi connectivity index (χ2v) is 3.88. The lowest BCUT2D eigenvalue weighted by atomic mass is 10.2. The van der Waals surface area contributed by atoms with Crippen LogP contribution in [0.3, 0.4) is 0 Å². The normalized spacial score (nSPS) is 9.80. The Bertz CT molecular complexity index is 607. The molecule has 20 heavy (non-hydrogen) atoms. The topological polar surface area (TPSA) is 72.8 Å². The van der Waals surface area contributed by atoms with E-state index < -0.39 is 18.5 Å². The maximum absolute atomic E-state index is 12.0. The number of aliphatic carboxylic acids is 1. The molecule has 0 heterocycles. The standard InChI is InChI=1S/C15H12O5/c16-14(17)10-19-13-9-5-4-8-12(13)15(18)20-11-6-2-1-3-7-11/h1-9H,10H2,(H,16,17). The molecular weight excluding hydrogens is 260 g/mol. The van der Waals surface area contributed by atoms with Crippen molar-refractivity contribution >= 4 is 11.9 Å². The number of benzene rings is 2. The van der Waals surface area contributed by atoms with Crippen molar-refractivity contribution < 1.29 is 24.2 Å². The summed E-state index contributed by atoms with van der Waals surface area (Å²) in [4.78, 5) is 22.5. The highest BCUT2D eigenvalue weighted by Gasteiger charge is 2.15. The van der Waals surface area contributed by atoms with Gasteiger partial charge in [-0.1, -0.05) is 30.3 Å². The summed E-state index contributed by atoms with van der Waals surface area (Å²) in [5.41, 5.74) is 0.178. The Morgan fingerprint density at radius 3 is 2.30 bits per heavy atom. The van der Waals surface area contributed by atoms with Gasteiger partial charge in [-0.15, -0.1) is 0 Å². The van der Waals surface area contributed by atoms with E-state index in [-0.39, 0.29) is 11.3 Å². The molecule has 0 amide bonds. The molecule has 0 spiro atoms. The third-order valence-corrected chi connectivity index (χ3v) is 2.41. The van der Waals surface area contributed by atoms with Crippen LogP contribution in [0, 0.1) is 0 Å². The van der Waals surface area contributed by atoms with Crippen LogP contribution in [0.15, 0.2) is 54.6 Å². The number of carbonyl (C=O) groups excluding carboxylic acids is 1. The molecule has 0 atom stereocenters. The molecule has 0 fully saturated rings. The quantitative estimate of drug-likeness (QED) is 0.668. The van der Waals surface area contributed by atoms with E-state index in [9.17, 15) is 9.59 Å². The van der Waals surface area contributed by atoms with E-state index >= 15 is 0 Å². The Labute approximate surface area is 115 Å². The first-order valence-electron chi connectivity index (χ1n) is 5.87. The highest BCUT2D eigenvalue weighted by Crippen LogP contribution is 2.20. The Morgan fingerprint density at radius 1 is 0.950 bits per heavy atom. The van der Waals surface area contributed by atoms with Crippen molar-refractivity contribution in [2.45, 2.75) is 0 Å². The number of para-hydroxylation sites is 2. The van der Waals surface area contributed by atoms with Crippen molar-refractivity contribution in [1.29, 1.82) is 0 Å². The predicted molar refractivity (Wildman–Crippen MR) is 71.0 cm³/mol. The minimum absolute atomic E-state index is 0.177. The summed E-state index contributed by atoms with van der Waals surface area (Å²) >= 11 is 0. The maximum Gasteiger partial charge on any atom is 0.347 e. The molecule has 5 nitrogen and oxygen atoms in total. The van der Waals surface area contributed by atoms with Crippen LogP contribution >= 0.6 is 0 Å². The fourth-order valence-corrected chi connectivity index (χ4v) is 1.55. The highest BCUT2D eigenvalue weighted by molar-refractivity contribution is 5.94. The lowest BCUT2D eigenvalue weighted by molar-refractivity contribution is -0.139. The molecule has 0 saturated carbocycles. The number of esters is 1. The highest BCUT2D eigenvalue weighted by atomic mass is 16.5. The van der Waals surface area contributed by atoms with Gasteiger partial charge in [0.2, 0.25) is 0 Å². The van der Waals surface area contributed by atoms with Gasteiger partial charge in [-0.3, -0.25) is 0 Å². The molecule has 0 saturated heterocycles. The maximum atomic E-state index is 12.0. The molecule has 2 aromatic carbocycles. The van der Waals surface area contributed by atoms with E-state index in [1.54, 1.807) is 42.5 Å². The monoisotopic (exact) mass is 272 g/mol. The first-order valence-corrected chi connectivity index (χ1v) is 5.87. The summed E-state index contributed by atoms with van der Waals surface area (Å²) in [6.07, 6.45) is 0. The van der Waals surface area contributed by atoms with E-state index in [4.69, 9.17) is 14.6 Å². The zero-order valence-electron chi connectivity index (χ0n) is 10.5. The van der Waals surface area contributed by atoms with Crippen LogP contribution in [0.4, 0.5) is 0 Å². The van der Waals surface area contributed by atoms with Crippen molar-refractivity contribution in [3.05, 3.63) is 60.2 Å². The molecule has 2 rings (SSSR count). The smallest absolute Gasteiger partial charge is 0.347 e. The van der Waals surface area contributed by atoms with Crippen molar-refractivity contribution in [3.8, 4) is 11.5 Å². The molecule has 0 aliphatic carbocycles. The Hall–Kier alpha value is -2.82. The summed E-state index contributed by atoms with van der Waals surface area (Å²) in [5, 5.41) is 8.60. The summed E-state index contributed by atoms with van der Waals surface area (Å²) in [7, 11) is 0. The number of carboxylic acids is 1. The minimum Gasteiger partial charge on any atom is -0.481 e. The van der Waals surface area contributed by atoms with Gasteiger partial charge >= 0.3 is 11.9 Å². The number of hydrogen-bond donors (Lipinski definition) is 1. The van der Waals surface area contributed by atoms with Crippen LogP contribution in [0.25, 0.3) is 0 Å². The zero-order valence-corrected chi connectivity index (χ0v) is 10.5. The van der Waals surface area contributed by atoms with Crippen LogP contribution < -0.4 is 9.47 Å². The van der Waals surface area contributed by atoms with Crippen molar-refractivity contribution in [2.75, 3.05) is 6.61 Å². The van der Waals surface area contributed by atoms with Crippen LogP contribution in [0.5, 0.6) is 11.5 Å². The van der Waals surface area contributed by atoms with Gasteiger partial charge < -0.3 is 14.6 Å². The van der Waals surface area contributed by atoms with Gasteiger partial charge in [-0.05, 0) is 24.3 Å². The molecule has 0 aromatic heterocycles. The Kier molecular flexibility index (Phi) is 4.34. The van der Waals surface area contributed by atoms with Crippen LogP contribution in [0.2, 0.25) is 0 Å². The summed E-state index contributed by atoms with van der Waals surface area (Å²) in [5.74, 6) is -1.13. The number of carboxylic acid groups (broad SMARTS) is 1. The first-order chi connectivity index (χ1) is 9.66. The van der Waals surface area contributed by atoms with E-state index in [1.165, 1.54) is 12.1 Å². The van der Waals surface area contributed by atoms with Gasteiger partial charge in [0.25, 0.3) is 0 Å². The molecule has 0 bridgehead atoms. The fourth-order valence-electron chi connectivity index (χ4n) is 1.55. The van der Waals surface area contributed by atoms with E-state index in [1.807, 2.05) is 0 Å². The summed E-state index contributed by atoms with van der Waals surface area (Å²) < 4.78 is 10.2. The predicted octanol–water partition coefficient (Wildman–Crippen LogP) is 2.37. The molecular formula is C15H12O5. The first kappa shape index (κ1) is 13.6. The largest absolute Gasteiger partial charge is 0.481 e. The minimum atomic E-state index is -1.11. The Morgan fingerprint density at radius 2 is 1.60 bits per heavy atom. The van der Waals surface area contributed by atoms with Crippen molar-refractivity contribution in [1.82, 2.24) is 0 Å². The van der Waals surface area contributed by atoms with Gasteiger partial charge in [-0.25, -0.2) is 9.59 Å². The van der Waals surface area contributed by atoms with Crippen LogP contribution in [0.1, 0.15) is 10.4 Å². The van der Waals surface area contributed by atoms with Gasteiger partial charge in [0.1, 0.15) is 17.1 Å². The molecule has 0 unspecified atom stereocenters. The summed E-state index contributed by atoms with van der Waals surface area (Å²) in [6, 6.07) is 14.9. The lowest BCUT2D eigenvalue weighted by Crippen LogP contribution is -2.14.